The van der Waals surface area contributed by atoms with Crippen LogP contribution in [0.2, 0.25) is 5.15 Å². The maximum absolute atomic E-state index is 13.7. The second-order valence-electron chi connectivity index (χ2n) is 9.82. The molecule has 1 aliphatic carbocycles. The quantitative estimate of drug-likeness (QED) is 0.243. The third kappa shape index (κ3) is 6.99. The monoisotopic (exact) mass is 550 g/mol. The zero-order chi connectivity index (χ0) is 28.0. The fourth-order valence-electron chi connectivity index (χ4n) is 4.94. The summed E-state index contributed by atoms with van der Waals surface area (Å²) in [6, 6.07) is 5.14. The van der Waals surface area contributed by atoms with Crippen molar-refractivity contribution in [2.45, 2.75) is 76.6 Å². The van der Waals surface area contributed by atoms with E-state index in [2.05, 4.69) is 15.6 Å². The zero-order valence-corrected chi connectivity index (χ0v) is 22.5. The molecule has 1 aromatic heterocycles. The number of nitrogens with one attached hydrogen (secondary N) is 3. The minimum atomic E-state index is -4.50. The first-order chi connectivity index (χ1) is 18.0. The van der Waals surface area contributed by atoms with Gasteiger partial charge in [0.15, 0.2) is 5.78 Å². The molecule has 3 N–H and O–H groups in total. The Morgan fingerprint density at radius 2 is 1.84 bits per heavy atom. The van der Waals surface area contributed by atoms with Crippen LogP contribution in [0.3, 0.4) is 0 Å². The lowest BCUT2D eigenvalue weighted by molar-refractivity contribution is -0.137. The molecule has 0 aliphatic heterocycles. The predicted molar refractivity (Wildman–Crippen MR) is 142 cm³/mol. The summed E-state index contributed by atoms with van der Waals surface area (Å²) in [7, 11) is 1.66. The van der Waals surface area contributed by atoms with Crippen LogP contribution < -0.4 is 10.6 Å². The summed E-state index contributed by atoms with van der Waals surface area (Å²) in [6.07, 6.45) is 1.75. The van der Waals surface area contributed by atoms with Gasteiger partial charge < -0.3 is 16.0 Å². The van der Waals surface area contributed by atoms with Gasteiger partial charge in [-0.1, -0.05) is 49.9 Å². The van der Waals surface area contributed by atoms with Crippen LogP contribution in [-0.4, -0.2) is 41.5 Å². The van der Waals surface area contributed by atoms with Gasteiger partial charge in [-0.15, -0.1) is 0 Å². The third-order valence-corrected chi connectivity index (χ3v) is 7.63. The van der Waals surface area contributed by atoms with Gasteiger partial charge >= 0.3 is 6.18 Å². The van der Waals surface area contributed by atoms with Crippen LogP contribution in [0.4, 0.5) is 13.2 Å². The van der Waals surface area contributed by atoms with Crippen molar-refractivity contribution in [1.29, 1.82) is 5.41 Å². The number of Topliss-reactive ketones (excluding diaryl/α,β-unsaturated/α-hetero) is 1. The molecule has 3 rings (SSSR count). The van der Waals surface area contributed by atoms with E-state index >= 15 is 0 Å². The van der Waals surface area contributed by atoms with E-state index in [0.29, 0.717) is 23.1 Å². The molecule has 2 aromatic rings. The predicted octanol–water partition coefficient (Wildman–Crippen LogP) is 6.18. The molecule has 6 nitrogen and oxygen atoms in total. The summed E-state index contributed by atoms with van der Waals surface area (Å²) in [6.45, 7) is 3.50. The summed E-state index contributed by atoms with van der Waals surface area (Å²) >= 11 is 6.41. The Labute approximate surface area is 226 Å². The van der Waals surface area contributed by atoms with Crippen molar-refractivity contribution in [1.82, 2.24) is 15.6 Å². The molecule has 3 atom stereocenters. The van der Waals surface area contributed by atoms with Gasteiger partial charge in [0.25, 0.3) is 0 Å². The largest absolute Gasteiger partial charge is 0.416 e. The Morgan fingerprint density at radius 1 is 1.16 bits per heavy atom. The number of nitrogens with zero attached hydrogens (tertiary/aromatic N) is 1. The molecule has 0 unspecified atom stereocenters. The Kier molecular flexibility index (Phi) is 10.1. The van der Waals surface area contributed by atoms with E-state index in [-0.39, 0.29) is 22.7 Å². The summed E-state index contributed by atoms with van der Waals surface area (Å²) in [4.78, 5) is 30.6. The first-order valence-electron chi connectivity index (χ1n) is 12.9. The molecule has 38 heavy (non-hydrogen) atoms. The number of ketones is 1. The molecular weight excluding hydrogens is 517 g/mol. The van der Waals surface area contributed by atoms with Gasteiger partial charge in [-0.25, -0.2) is 4.98 Å². The summed E-state index contributed by atoms with van der Waals surface area (Å²) in [5, 5.41) is 14.7. The van der Waals surface area contributed by atoms with Gasteiger partial charge in [0.05, 0.1) is 23.4 Å². The Balaban J connectivity index is 1.94. The van der Waals surface area contributed by atoms with E-state index in [1.165, 1.54) is 12.3 Å². The molecule has 1 aromatic carbocycles. The second-order valence-corrected chi connectivity index (χ2v) is 10.2. The van der Waals surface area contributed by atoms with Gasteiger partial charge in [-0.05, 0) is 68.5 Å². The number of carbonyl (C=O) groups is 2. The molecular formula is C28H34ClF3N4O2. The van der Waals surface area contributed by atoms with Crippen LogP contribution in [0, 0.1) is 11.3 Å². The van der Waals surface area contributed by atoms with Crippen molar-refractivity contribution in [2.24, 2.45) is 5.92 Å². The van der Waals surface area contributed by atoms with E-state index in [1.54, 1.807) is 33.0 Å². The molecule has 1 aliphatic rings. The molecule has 1 amide bonds. The second kappa shape index (κ2) is 12.8. The summed E-state index contributed by atoms with van der Waals surface area (Å²) in [5.41, 5.74) is 0.0916. The minimum Gasteiger partial charge on any atom is -0.344 e. The Bertz CT molecular complexity index is 1170. The van der Waals surface area contributed by atoms with Crippen molar-refractivity contribution in [3.63, 3.8) is 0 Å². The van der Waals surface area contributed by atoms with E-state index in [1.807, 2.05) is 0 Å². The Hall–Kier alpha value is -2.78. The highest BCUT2D eigenvalue weighted by Gasteiger charge is 2.36. The van der Waals surface area contributed by atoms with Crippen molar-refractivity contribution in [3.05, 3.63) is 52.8 Å². The number of likely N-dealkylation sites (N-methyl/N-ethyl adjacent to an activating group) is 1. The van der Waals surface area contributed by atoms with Gasteiger partial charge in [-0.3, -0.25) is 9.59 Å². The van der Waals surface area contributed by atoms with E-state index in [0.717, 1.165) is 44.2 Å². The highest BCUT2D eigenvalue weighted by Crippen LogP contribution is 2.35. The lowest BCUT2D eigenvalue weighted by Crippen LogP contribution is -2.53. The fraction of sp³-hybridized carbons (Fsp3) is 0.500. The smallest absolute Gasteiger partial charge is 0.344 e. The van der Waals surface area contributed by atoms with Crippen molar-refractivity contribution in [3.8, 4) is 11.1 Å². The lowest BCUT2D eigenvalue weighted by atomic mass is 9.78. The average Bonchev–Trinajstić information content (AvgIpc) is 2.92. The lowest BCUT2D eigenvalue weighted by Gasteiger charge is -2.32. The first kappa shape index (κ1) is 29.8. The maximum atomic E-state index is 13.7. The van der Waals surface area contributed by atoms with Crippen LogP contribution in [0.15, 0.2) is 36.5 Å². The van der Waals surface area contributed by atoms with E-state index < -0.39 is 35.5 Å². The highest BCUT2D eigenvalue weighted by atomic mass is 35.5. The number of halogens is 4. The van der Waals surface area contributed by atoms with Crippen LogP contribution in [0.1, 0.15) is 69.4 Å². The molecule has 0 spiro atoms. The average molecular weight is 551 g/mol. The van der Waals surface area contributed by atoms with Crippen LogP contribution in [0.25, 0.3) is 11.1 Å². The fourth-order valence-corrected chi connectivity index (χ4v) is 5.17. The molecule has 0 saturated heterocycles. The Morgan fingerprint density at radius 3 is 2.45 bits per heavy atom. The number of aromatic nitrogens is 1. The van der Waals surface area contributed by atoms with Crippen molar-refractivity contribution >= 4 is 29.0 Å². The van der Waals surface area contributed by atoms with Gasteiger partial charge in [0, 0.05) is 17.7 Å². The molecule has 10 heteroatoms. The topological polar surface area (TPSA) is 94.9 Å². The molecule has 206 valence electrons. The molecule has 1 fully saturated rings. The number of alkyl halides is 3. The molecule has 1 heterocycles. The molecule has 1 saturated carbocycles. The summed E-state index contributed by atoms with van der Waals surface area (Å²) in [5.74, 6) is -1.60. The minimum absolute atomic E-state index is 0.0761. The number of hydrogen-bond acceptors (Lipinski definition) is 5. The first-order valence-corrected chi connectivity index (χ1v) is 13.3. The highest BCUT2D eigenvalue weighted by molar-refractivity contribution is 6.43. The normalized spacial score (nSPS) is 16.9. The van der Waals surface area contributed by atoms with Gasteiger partial charge in [-0.2, -0.15) is 13.2 Å². The van der Waals surface area contributed by atoms with Crippen molar-refractivity contribution < 1.29 is 22.8 Å². The molecule has 0 bridgehead atoms. The SMILES string of the molecule is CC[C@H](C(=N)C(=O)[C@@H](NC(=O)[C@H](C)NC)C1CCCCC1)c1cc(-c2cccc(C(F)(F)F)c2)cnc1Cl. The number of pyridine rings is 1. The van der Waals surface area contributed by atoms with Crippen LogP contribution in [0.5, 0.6) is 0 Å². The van der Waals surface area contributed by atoms with Crippen LogP contribution >= 0.6 is 11.6 Å². The third-order valence-electron chi connectivity index (χ3n) is 7.31. The number of rotatable bonds is 10. The number of carbonyl (C=O) groups excluding carboxylic acids is 2. The number of amides is 1. The number of benzene rings is 1. The van der Waals surface area contributed by atoms with E-state index in [9.17, 15) is 22.8 Å². The maximum Gasteiger partial charge on any atom is 0.416 e. The standard InChI is InChI=1S/C28H34ClF3N4O2/c1-4-21(22-14-19(15-35-26(22)29)18-11-8-12-20(13-18)28(30,31)32)23(33)25(37)24(17-9-6-5-7-10-17)36-27(38)16(2)34-3/h8,11-17,21,24,33-34H,4-7,9-10H2,1-3H3,(H,36,38)/t16-,21-,24-/m0/s1. The van der Waals surface area contributed by atoms with Crippen molar-refractivity contribution in [2.75, 3.05) is 7.05 Å². The zero-order valence-electron chi connectivity index (χ0n) is 21.8. The number of hydrogen-bond donors (Lipinski definition) is 3. The molecule has 0 radical (unpaired) electrons. The van der Waals surface area contributed by atoms with Gasteiger partial charge in [0.1, 0.15) is 5.15 Å². The summed E-state index contributed by atoms with van der Waals surface area (Å²) < 4.78 is 39.8. The van der Waals surface area contributed by atoms with Crippen LogP contribution in [-0.2, 0) is 15.8 Å². The van der Waals surface area contributed by atoms with Gasteiger partial charge in [0.2, 0.25) is 5.91 Å². The van der Waals surface area contributed by atoms with E-state index in [4.69, 9.17) is 17.0 Å².